The molecule has 0 radical (unpaired) electrons. The van der Waals surface area contributed by atoms with Crippen molar-refractivity contribution < 1.29 is 4.79 Å². The third kappa shape index (κ3) is 3.14. The molecule has 0 unspecified atom stereocenters. The predicted octanol–water partition coefficient (Wildman–Crippen LogP) is 4.52. The molecule has 0 aliphatic rings. The van der Waals surface area contributed by atoms with E-state index >= 15 is 0 Å². The lowest BCUT2D eigenvalue weighted by Gasteiger charge is -2.05. The average Bonchev–Trinajstić information content (AvgIpc) is 2.53. The van der Waals surface area contributed by atoms with Crippen LogP contribution in [-0.2, 0) is 0 Å². The molecule has 0 saturated heterocycles. The van der Waals surface area contributed by atoms with E-state index in [1.54, 1.807) is 18.0 Å². The van der Waals surface area contributed by atoms with Crippen LogP contribution in [0.5, 0.6) is 0 Å². The molecule has 0 fully saturated rings. The maximum atomic E-state index is 12.3. The Balaban J connectivity index is 1.76. The quantitative estimate of drug-likeness (QED) is 0.523. The number of hydrogen-bond acceptors (Lipinski definition) is 3. The van der Waals surface area contributed by atoms with Gasteiger partial charge in [-0.1, -0.05) is 24.3 Å². The minimum Gasteiger partial charge on any atom is -0.293 e. The minimum absolute atomic E-state index is 0.147. The van der Waals surface area contributed by atoms with Crippen LogP contribution in [0, 0.1) is 6.92 Å². The third-order valence-electron chi connectivity index (χ3n) is 3.38. The molecule has 0 saturated carbocycles. The van der Waals surface area contributed by atoms with Gasteiger partial charge in [-0.3, -0.25) is 9.78 Å². The van der Waals surface area contributed by atoms with Gasteiger partial charge in [0.05, 0.1) is 11.3 Å². The summed E-state index contributed by atoms with van der Waals surface area (Å²) in [5, 5.41) is 1.00. The molecule has 3 heteroatoms. The molecule has 3 aromatic rings. The number of benzene rings is 2. The first-order valence-electron chi connectivity index (χ1n) is 6.80. The van der Waals surface area contributed by atoms with Crippen LogP contribution in [0.15, 0.2) is 65.7 Å². The first kappa shape index (κ1) is 13.8. The summed E-state index contributed by atoms with van der Waals surface area (Å²) in [6.07, 6.45) is 1.76. The van der Waals surface area contributed by atoms with Gasteiger partial charge in [-0.2, -0.15) is 0 Å². The number of aromatic nitrogens is 1. The zero-order valence-electron chi connectivity index (χ0n) is 11.7. The number of pyridine rings is 1. The zero-order chi connectivity index (χ0) is 14.7. The van der Waals surface area contributed by atoms with E-state index in [-0.39, 0.29) is 5.78 Å². The Hall–Kier alpha value is -2.13. The number of hydrogen-bond donors (Lipinski definition) is 0. The van der Waals surface area contributed by atoms with Crippen LogP contribution in [0.25, 0.3) is 10.9 Å². The van der Waals surface area contributed by atoms with Gasteiger partial charge >= 0.3 is 0 Å². The highest BCUT2D eigenvalue weighted by Gasteiger charge is 2.08. The largest absolute Gasteiger partial charge is 0.293 e. The van der Waals surface area contributed by atoms with Crippen molar-refractivity contribution >= 4 is 28.4 Å². The molecule has 0 bridgehead atoms. The predicted molar refractivity (Wildman–Crippen MR) is 88.0 cm³/mol. The lowest BCUT2D eigenvalue weighted by molar-refractivity contribution is 0.102. The molecule has 21 heavy (non-hydrogen) atoms. The van der Waals surface area contributed by atoms with Crippen LogP contribution in [-0.4, -0.2) is 16.5 Å². The monoisotopic (exact) mass is 293 g/mol. The van der Waals surface area contributed by atoms with Gasteiger partial charge in [0.25, 0.3) is 0 Å². The van der Waals surface area contributed by atoms with E-state index in [1.165, 1.54) is 5.56 Å². The van der Waals surface area contributed by atoms with E-state index in [4.69, 9.17) is 0 Å². The first-order chi connectivity index (χ1) is 10.2. The van der Waals surface area contributed by atoms with Crippen LogP contribution in [0.2, 0.25) is 0 Å². The molecule has 0 aliphatic heterocycles. The second-order valence-corrected chi connectivity index (χ2v) is 5.91. The maximum Gasteiger partial charge on any atom is 0.173 e. The van der Waals surface area contributed by atoms with Gasteiger partial charge in [-0.15, -0.1) is 11.8 Å². The van der Waals surface area contributed by atoms with Crippen molar-refractivity contribution in [3.8, 4) is 0 Å². The smallest absolute Gasteiger partial charge is 0.173 e. The van der Waals surface area contributed by atoms with E-state index in [2.05, 4.69) is 24.0 Å². The average molecular weight is 293 g/mol. The molecule has 2 aromatic carbocycles. The number of aryl methyl sites for hydroxylation is 1. The number of ketones is 1. The molecule has 0 amide bonds. The highest BCUT2D eigenvalue weighted by molar-refractivity contribution is 8.00. The first-order valence-corrected chi connectivity index (χ1v) is 7.79. The van der Waals surface area contributed by atoms with Crippen LogP contribution < -0.4 is 0 Å². The van der Waals surface area contributed by atoms with E-state index < -0.39 is 0 Å². The van der Waals surface area contributed by atoms with Gasteiger partial charge in [0.15, 0.2) is 5.78 Å². The van der Waals surface area contributed by atoms with Gasteiger partial charge in [0, 0.05) is 22.0 Å². The van der Waals surface area contributed by atoms with Gasteiger partial charge in [-0.05, 0) is 42.8 Å². The molecular weight excluding hydrogens is 278 g/mol. The zero-order valence-corrected chi connectivity index (χ0v) is 12.6. The van der Waals surface area contributed by atoms with E-state index in [0.717, 1.165) is 21.4 Å². The van der Waals surface area contributed by atoms with Crippen molar-refractivity contribution in [1.29, 1.82) is 0 Å². The summed E-state index contributed by atoms with van der Waals surface area (Å²) in [6, 6.07) is 17.7. The molecule has 0 aliphatic carbocycles. The van der Waals surface area contributed by atoms with Crippen LogP contribution >= 0.6 is 11.8 Å². The Kier molecular flexibility index (Phi) is 4.02. The summed E-state index contributed by atoms with van der Waals surface area (Å²) >= 11 is 1.59. The molecular formula is C18H15NOS. The molecule has 0 atom stereocenters. The normalized spacial score (nSPS) is 10.7. The van der Waals surface area contributed by atoms with E-state index in [1.807, 2.05) is 42.5 Å². The van der Waals surface area contributed by atoms with E-state index in [9.17, 15) is 4.79 Å². The highest BCUT2D eigenvalue weighted by Crippen LogP contribution is 2.23. The number of Topliss-reactive ketones (excluding diaryl/α,β-unsaturated/α-hetero) is 1. The fourth-order valence-electron chi connectivity index (χ4n) is 2.19. The Morgan fingerprint density at radius 1 is 1.10 bits per heavy atom. The Morgan fingerprint density at radius 3 is 2.81 bits per heavy atom. The van der Waals surface area contributed by atoms with Crippen molar-refractivity contribution in [2.75, 3.05) is 5.75 Å². The summed E-state index contributed by atoms with van der Waals surface area (Å²) in [7, 11) is 0. The molecule has 2 nitrogen and oxygen atoms in total. The summed E-state index contributed by atoms with van der Waals surface area (Å²) in [4.78, 5) is 17.8. The SMILES string of the molecule is Cc1ccccc1SCC(=O)c1ccc2ncccc2c1. The second-order valence-electron chi connectivity index (χ2n) is 4.89. The maximum absolute atomic E-state index is 12.3. The molecule has 1 aromatic heterocycles. The highest BCUT2D eigenvalue weighted by atomic mass is 32.2. The molecule has 3 rings (SSSR count). The number of carbonyl (C=O) groups excluding carboxylic acids is 1. The van der Waals surface area contributed by atoms with Crippen molar-refractivity contribution in [2.45, 2.75) is 11.8 Å². The van der Waals surface area contributed by atoms with Crippen LogP contribution in [0.4, 0.5) is 0 Å². The number of carbonyl (C=O) groups is 1. The number of nitrogens with zero attached hydrogens (tertiary/aromatic N) is 1. The van der Waals surface area contributed by atoms with Gasteiger partial charge < -0.3 is 0 Å². The summed E-state index contributed by atoms with van der Waals surface area (Å²) in [5.41, 5.74) is 2.87. The van der Waals surface area contributed by atoms with Crippen molar-refractivity contribution in [2.24, 2.45) is 0 Å². The third-order valence-corrected chi connectivity index (χ3v) is 4.55. The van der Waals surface area contributed by atoms with Crippen molar-refractivity contribution in [3.63, 3.8) is 0 Å². The summed E-state index contributed by atoms with van der Waals surface area (Å²) in [5.74, 6) is 0.602. The molecule has 1 heterocycles. The Labute approximate surface area is 128 Å². The standard InChI is InChI=1S/C18H15NOS/c1-13-5-2-3-7-18(13)21-12-17(20)15-8-9-16-14(11-15)6-4-10-19-16/h2-11H,12H2,1H3. The van der Waals surface area contributed by atoms with Crippen LogP contribution in [0.1, 0.15) is 15.9 Å². The van der Waals surface area contributed by atoms with Gasteiger partial charge in [0.2, 0.25) is 0 Å². The van der Waals surface area contributed by atoms with Crippen LogP contribution in [0.3, 0.4) is 0 Å². The molecule has 104 valence electrons. The summed E-state index contributed by atoms with van der Waals surface area (Å²) < 4.78 is 0. The second kappa shape index (κ2) is 6.10. The topological polar surface area (TPSA) is 30.0 Å². The van der Waals surface area contributed by atoms with Gasteiger partial charge in [0.1, 0.15) is 0 Å². The Bertz CT molecular complexity index is 798. The Morgan fingerprint density at radius 2 is 1.95 bits per heavy atom. The lowest BCUT2D eigenvalue weighted by atomic mass is 10.1. The molecule has 0 spiro atoms. The lowest BCUT2D eigenvalue weighted by Crippen LogP contribution is -2.02. The fourth-order valence-corrected chi connectivity index (χ4v) is 3.12. The fraction of sp³-hybridized carbons (Fsp3) is 0.111. The van der Waals surface area contributed by atoms with Crippen molar-refractivity contribution in [3.05, 3.63) is 71.9 Å². The van der Waals surface area contributed by atoms with Gasteiger partial charge in [-0.25, -0.2) is 0 Å². The number of rotatable bonds is 4. The number of thioether (sulfide) groups is 1. The van der Waals surface area contributed by atoms with Crippen molar-refractivity contribution in [1.82, 2.24) is 4.98 Å². The van der Waals surface area contributed by atoms with E-state index in [0.29, 0.717) is 5.75 Å². The summed E-state index contributed by atoms with van der Waals surface area (Å²) in [6.45, 7) is 2.06. The molecule has 0 N–H and O–H groups in total. The minimum atomic E-state index is 0.147. The number of fused-ring (bicyclic) bond motifs is 1.